The molecule has 1 aromatic carbocycles. The fourth-order valence-electron chi connectivity index (χ4n) is 2.44. The van der Waals surface area contributed by atoms with Crippen molar-refractivity contribution >= 4 is 45.2 Å². The summed E-state index contributed by atoms with van der Waals surface area (Å²) in [5.41, 5.74) is -0.607. The molecule has 1 aliphatic rings. The van der Waals surface area contributed by atoms with Crippen molar-refractivity contribution in [2.24, 2.45) is 0 Å². The van der Waals surface area contributed by atoms with Crippen LogP contribution in [-0.2, 0) is 4.79 Å². The van der Waals surface area contributed by atoms with Crippen molar-refractivity contribution in [1.29, 1.82) is 0 Å². The summed E-state index contributed by atoms with van der Waals surface area (Å²) in [5.74, 6) is -0.979. The molecular formula is C14H16BrClN2O3. The minimum absolute atomic E-state index is 0.414. The van der Waals surface area contributed by atoms with Gasteiger partial charge < -0.3 is 15.3 Å². The van der Waals surface area contributed by atoms with E-state index >= 15 is 0 Å². The number of carboxylic acid groups (broad SMARTS) is 1. The predicted octanol–water partition coefficient (Wildman–Crippen LogP) is 3.96. The van der Waals surface area contributed by atoms with Crippen LogP contribution in [0.5, 0.6) is 0 Å². The molecule has 0 saturated carbocycles. The monoisotopic (exact) mass is 374 g/mol. The smallest absolute Gasteiger partial charge is 0.329 e. The third-order valence-electron chi connectivity index (χ3n) is 3.77. The molecule has 2 amide bonds. The molecule has 7 heteroatoms. The number of halogens is 2. The Bertz CT molecular complexity index is 581. The lowest BCUT2D eigenvalue weighted by atomic mass is 9.89. The average Bonchev–Trinajstić information content (AvgIpc) is 2.42. The number of amides is 2. The van der Waals surface area contributed by atoms with Gasteiger partial charge in [0.25, 0.3) is 0 Å². The summed E-state index contributed by atoms with van der Waals surface area (Å²) < 4.78 is 0.650. The van der Waals surface area contributed by atoms with Crippen LogP contribution < -0.4 is 5.32 Å². The second-order valence-electron chi connectivity index (χ2n) is 5.24. The molecule has 1 fully saturated rings. The number of likely N-dealkylation sites (tertiary alicyclic amines) is 1. The lowest BCUT2D eigenvalue weighted by molar-refractivity contribution is -0.150. The molecular weight excluding hydrogens is 360 g/mol. The van der Waals surface area contributed by atoms with Crippen molar-refractivity contribution in [3.63, 3.8) is 0 Å². The predicted molar refractivity (Wildman–Crippen MR) is 84.8 cm³/mol. The number of hydrogen-bond acceptors (Lipinski definition) is 2. The average molecular weight is 376 g/mol. The topological polar surface area (TPSA) is 69.6 Å². The minimum atomic E-state index is -1.17. The molecule has 0 bridgehead atoms. The molecule has 0 aliphatic carbocycles. The van der Waals surface area contributed by atoms with Gasteiger partial charge >= 0.3 is 12.0 Å². The molecule has 114 valence electrons. The number of benzene rings is 1. The molecule has 0 spiro atoms. The zero-order chi connectivity index (χ0) is 15.6. The molecule has 0 radical (unpaired) electrons. The van der Waals surface area contributed by atoms with Crippen LogP contribution in [0.25, 0.3) is 0 Å². The van der Waals surface area contributed by atoms with Crippen LogP contribution in [0.4, 0.5) is 10.5 Å². The Balaban J connectivity index is 2.20. The van der Waals surface area contributed by atoms with E-state index in [2.05, 4.69) is 21.2 Å². The van der Waals surface area contributed by atoms with Crippen LogP contribution in [-0.4, -0.2) is 34.1 Å². The first-order valence-corrected chi connectivity index (χ1v) is 7.79. The largest absolute Gasteiger partial charge is 0.480 e. The SMILES string of the molecule is CC1(C(=O)O)CCCCN1C(=O)Nc1ccc(Cl)cc1Br. The van der Waals surface area contributed by atoms with Crippen LogP contribution in [0, 0.1) is 0 Å². The van der Waals surface area contributed by atoms with Gasteiger partial charge in [0.15, 0.2) is 0 Å². The number of nitrogens with zero attached hydrogens (tertiary/aromatic N) is 1. The number of nitrogens with one attached hydrogen (secondary N) is 1. The first kappa shape index (κ1) is 16.1. The summed E-state index contributed by atoms with van der Waals surface area (Å²) in [4.78, 5) is 25.3. The highest BCUT2D eigenvalue weighted by molar-refractivity contribution is 9.10. The normalized spacial score (nSPS) is 22.0. The van der Waals surface area contributed by atoms with Crippen molar-refractivity contribution in [1.82, 2.24) is 4.90 Å². The highest BCUT2D eigenvalue weighted by Crippen LogP contribution is 2.31. The van der Waals surface area contributed by atoms with E-state index in [0.717, 1.165) is 12.8 Å². The number of anilines is 1. The van der Waals surface area contributed by atoms with Crippen LogP contribution in [0.1, 0.15) is 26.2 Å². The van der Waals surface area contributed by atoms with Gasteiger partial charge in [0.2, 0.25) is 0 Å². The Kier molecular flexibility index (Phi) is 4.78. The van der Waals surface area contributed by atoms with E-state index in [9.17, 15) is 14.7 Å². The molecule has 1 heterocycles. The maximum atomic E-state index is 12.4. The fraction of sp³-hybridized carbons (Fsp3) is 0.429. The fourth-order valence-corrected chi connectivity index (χ4v) is 3.22. The molecule has 1 aromatic rings. The van der Waals surface area contributed by atoms with Gasteiger partial charge in [0.1, 0.15) is 5.54 Å². The summed E-state index contributed by atoms with van der Waals surface area (Å²) in [7, 11) is 0. The van der Waals surface area contributed by atoms with Gasteiger partial charge in [-0.3, -0.25) is 0 Å². The third kappa shape index (κ3) is 3.32. The van der Waals surface area contributed by atoms with E-state index in [1.165, 1.54) is 4.90 Å². The van der Waals surface area contributed by atoms with E-state index in [4.69, 9.17) is 11.6 Å². The van der Waals surface area contributed by atoms with Crippen LogP contribution in [0.15, 0.2) is 22.7 Å². The molecule has 1 aliphatic heterocycles. The number of rotatable bonds is 2. The molecule has 2 rings (SSSR count). The molecule has 1 unspecified atom stereocenters. The number of carboxylic acids is 1. The quantitative estimate of drug-likeness (QED) is 0.822. The number of urea groups is 1. The van der Waals surface area contributed by atoms with Gasteiger partial charge in [-0.1, -0.05) is 11.6 Å². The molecule has 21 heavy (non-hydrogen) atoms. The maximum Gasteiger partial charge on any atom is 0.329 e. The number of piperidine rings is 1. The standard InChI is InChI=1S/C14H16BrClN2O3/c1-14(12(19)20)6-2-3-7-18(14)13(21)17-11-5-4-9(16)8-10(11)15/h4-5,8H,2-3,6-7H2,1H3,(H,17,21)(H,19,20). The van der Waals surface area contributed by atoms with E-state index < -0.39 is 17.5 Å². The second-order valence-corrected chi connectivity index (χ2v) is 6.53. The van der Waals surface area contributed by atoms with Crippen molar-refractivity contribution in [2.75, 3.05) is 11.9 Å². The Morgan fingerprint density at radius 3 is 2.76 bits per heavy atom. The van der Waals surface area contributed by atoms with Crippen molar-refractivity contribution in [2.45, 2.75) is 31.7 Å². The van der Waals surface area contributed by atoms with Crippen LogP contribution in [0.3, 0.4) is 0 Å². The van der Waals surface area contributed by atoms with Crippen molar-refractivity contribution < 1.29 is 14.7 Å². The first-order chi connectivity index (χ1) is 9.84. The number of carbonyl (C=O) groups excluding carboxylic acids is 1. The number of aliphatic carboxylic acids is 1. The van der Waals surface area contributed by atoms with Crippen LogP contribution in [0.2, 0.25) is 5.02 Å². The number of carbonyl (C=O) groups is 2. The van der Waals surface area contributed by atoms with Gasteiger partial charge in [-0.05, 0) is 60.3 Å². The van der Waals surface area contributed by atoms with E-state index in [1.54, 1.807) is 25.1 Å². The molecule has 2 N–H and O–H groups in total. The molecule has 0 aromatic heterocycles. The summed E-state index contributed by atoms with van der Waals surface area (Å²) in [6.45, 7) is 2.02. The molecule has 5 nitrogen and oxygen atoms in total. The summed E-state index contributed by atoms with van der Waals surface area (Å²) in [6.07, 6.45) is 2.06. The lowest BCUT2D eigenvalue weighted by Gasteiger charge is -2.41. The summed E-state index contributed by atoms with van der Waals surface area (Å²) in [5, 5.41) is 12.7. The van der Waals surface area contributed by atoms with Gasteiger partial charge in [-0.25, -0.2) is 9.59 Å². The van der Waals surface area contributed by atoms with Crippen molar-refractivity contribution in [3.8, 4) is 0 Å². The Morgan fingerprint density at radius 2 is 2.14 bits per heavy atom. The minimum Gasteiger partial charge on any atom is -0.480 e. The highest BCUT2D eigenvalue weighted by Gasteiger charge is 2.44. The van der Waals surface area contributed by atoms with E-state index in [1.807, 2.05) is 0 Å². The maximum absolute atomic E-state index is 12.4. The Hall–Kier alpha value is -1.27. The van der Waals surface area contributed by atoms with Crippen LogP contribution >= 0.6 is 27.5 Å². The van der Waals surface area contributed by atoms with Gasteiger partial charge in [-0.2, -0.15) is 0 Å². The highest BCUT2D eigenvalue weighted by atomic mass is 79.9. The van der Waals surface area contributed by atoms with E-state index in [-0.39, 0.29) is 0 Å². The van der Waals surface area contributed by atoms with Crippen molar-refractivity contribution in [3.05, 3.63) is 27.7 Å². The molecule has 1 atom stereocenters. The third-order valence-corrected chi connectivity index (χ3v) is 4.66. The van der Waals surface area contributed by atoms with Gasteiger partial charge in [-0.15, -0.1) is 0 Å². The zero-order valence-electron chi connectivity index (χ0n) is 11.5. The Labute approximate surface area is 136 Å². The molecule has 1 saturated heterocycles. The number of hydrogen-bond donors (Lipinski definition) is 2. The van der Waals surface area contributed by atoms with Gasteiger partial charge in [0, 0.05) is 16.0 Å². The summed E-state index contributed by atoms with van der Waals surface area (Å²) >= 11 is 9.18. The first-order valence-electron chi connectivity index (χ1n) is 6.61. The van der Waals surface area contributed by atoms with E-state index in [0.29, 0.717) is 28.1 Å². The van der Waals surface area contributed by atoms with Gasteiger partial charge in [0.05, 0.1) is 5.69 Å². The zero-order valence-corrected chi connectivity index (χ0v) is 13.9. The second kappa shape index (κ2) is 6.23. The Morgan fingerprint density at radius 1 is 1.43 bits per heavy atom. The lowest BCUT2D eigenvalue weighted by Crippen LogP contribution is -2.58. The summed E-state index contributed by atoms with van der Waals surface area (Å²) in [6, 6.07) is 4.59.